The average Bonchev–Trinajstić information content (AvgIpc) is 2.74. The first kappa shape index (κ1) is 19.8. The Hall–Kier alpha value is -2.53. The van der Waals surface area contributed by atoms with Crippen LogP contribution >= 0.6 is 0 Å². The van der Waals surface area contributed by atoms with Crippen LogP contribution in [0, 0.1) is 0 Å². The molecule has 1 fully saturated rings. The Labute approximate surface area is 173 Å². The average molecular weight is 395 g/mol. The number of nitrogens with one attached hydrogen (secondary N) is 2. The van der Waals surface area contributed by atoms with Crippen LogP contribution in [0.3, 0.4) is 0 Å². The molecule has 0 saturated carbocycles. The van der Waals surface area contributed by atoms with Gasteiger partial charge in [0.1, 0.15) is 5.75 Å². The third kappa shape index (κ3) is 4.91. The van der Waals surface area contributed by atoms with Crippen LogP contribution in [0.5, 0.6) is 5.75 Å². The van der Waals surface area contributed by atoms with Gasteiger partial charge >= 0.3 is 0 Å². The number of quaternary nitrogens is 1. The molecule has 0 spiro atoms. The minimum absolute atomic E-state index is 0.0485. The summed E-state index contributed by atoms with van der Waals surface area (Å²) in [5, 5.41) is 12.6. The molecule has 1 atom stereocenters. The van der Waals surface area contributed by atoms with Gasteiger partial charge in [0.25, 0.3) is 5.91 Å². The molecule has 5 nitrogen and oxygen atoms in total. The molecular weight excluding hydrogens is 362 g/mol. The zero-order valence-corrected chi connectivity index (χ0v) is 17.3. The molecule has 5 heteroatoms. The normalized spacial score (nSPS) is 18.2. The Bertz CT molecular complexity index is 842. The molecule has 2 aromatic rings. The number of hydrogen-bond acceptors (Lipinski definition) is 3. The van der Waals surface area contributed by atoms with Gasteiger partial charge in [0.15, 0.2) is 6.54 Å². The first-order chi connectivity index (χ1) is 14.1. The zero-order valence-electron chi connectivity index (χ0n) is 17.3. The second-order valence-corrected chi connectivity index (χ2v) is 8.45. The SMILES string of the molecule is C[C@@H](NC(=O)C[NH+]1CCN(c2ccc(O)cc2)CC1)c1ccc2c(c1)CCCC2. The number of fused-ring (bicyclic) bond motifs is 1. The summed E-state index contributed by atoms with van der Waals surface area (Å²) < 4.78 is 0. The topological polar surface area (TPSA) is 57.0 Å². The molecule has 0 bridgehead atoms. The van der Waals surface area contributed by atoms with Gasteiger partial charge in [-0.3, -0.25) is 4.79 Å². The molecule has 0 aromatic heterocycles. The van der Waals surface area contributed by atoms with E-state index in [-0.39, 0.29) is 11.9 Å². The number of rotatable bonds is 5. The minimum atomic E-state index is 0.0485. The summed E-state index contributed by atoms with van der Waals surface area (Å²) in [6.07, 6.45) is 4.92. The standard InChI is InChI=1S/C24H31N3O2/c1-18(20-7-6-19-4-2-3-5-21(19)16-20)25-24(29)17-26-12-14-27(15-13-26)22-8-10-23(28)11-9-22/h6-11,16,18,28H,2-5,12-15,17H2,1H3,(H,25,29)/p+1/t18-/m1/s1. The Kier molecular flexibility index (Phi) is 6.05. The van der Waals surface area contributed by atoms with E-state index in [4.69, 9.17) is 0 Å². The zero-order chi connectivity index (χ0) is 20.2. The molecule has 1 aliphatic heterocycles. The fourth-order valence-electron chi connectivity index (χ4n) is 4.55. The number of anilines is 1. The van der Waals surface area contributed by atoms with Gasteiger partial charge in [-0.25, -0.2) is 0 Å². The fraction of sp³-hybridized carbons (Fsp3) is 0.458. The van der Waals surface area contributed by atoms with Crippen molar-refractivity contribution in [3.05, 3.63) is 59.2 Å². The van der Waals surface area contributed by atoms with Gasteiger partial charge in [-0.2, -0.15) is 0 Å². The Morgan fingerprint density at radius 1 is 1.07 bits per heavy atom. The molecule has 1 heterocycles. The second kappa shape index (κ2) is 8.87. The van der Waals surface area contributed by atoms with E-state index >= 15 is 0 Å². The first-order valence-corrected chi connectivity index (χ1v) is 10.9. The third-order valence-electron chi connectivity index (χ3n) is 6.35. The van der Waals surface area contributed by atoms with E-state index in [1.165, 1.54) is 47.3 Å². The van der Waals surface area contributed by atoms with E-state index < -0.39 is 0 Å². The summed E-state index contributed by atoms with van der Waals surface area (Å²) in [6.45, 7) is 6.35. The van der Waals surface area contributed by atoms with E-state index in [9.17, 15) is 9.90 Å². The summed E-state index contributed by atoms with van der Waals surface area (Å²) in [5.74, 6) is 0.422. The quantitative estimate of drug-likeness (QED) is 0.726. The maximum atomic E-state index is 12.6. The highest BCUT2D eigenvalue weighted by molar-refractivity contribution is 5.77. The van der Waals surface area contributed by atoms with Gasteiger partial charge in [-0.15, -0.1) is 0 Å². The van der Waals surface area contributed by atoms with Crippen molar-refractivity contribution < 1.29 is 14.8 Å². The highest BCUT2D eigenvalue weighted by Crippen LogP contribution is 2.24. The van der Waals surface area contributed by atoms with Crippen LogP contribution in [0.1, 0.15) is 42.5 Å². The van der Waals surface area contributed by atoms with Crippen LogP contribution in [0.2, 0.25) is 0 Å². The van der Waals surface area contributed by atoms with Gasteiger partial charge in [0, 0.05) is 5.69 Å². The Balaban J connectivity index is 1.26. The number of aryl methyl sites for hydroxylation is 2. The smallest absolute Gasteiger partial charge is 0.275 e. The van der Waals surface area contributed by atoms with Crippen molar-refractivity contribution in [2.45, 2.75) is 38.6 Å². The monoisotopic (exact) mass is 394 g/mol. The van der Waals surface area contributed by atoms with Gasteiger partial charge < -0.3 is 20.2 Å². The number of nitrogens with zero attached hydrogens (tertiary/aromatic N) is 1. The van der Waals surface area contributed by atoms with Crippen molar-refractivity contribution in [1.82, 2.24) is 5.32 Å². The molecule has 2 aromatic carbocycles. The van der Waals surface area contributed by atoms with Crippen LogP contribution in [0.15, 0.2) is 42.5 Å². The molecule has 3 N–H and O–H groups in total. The van der Waals surface area contributed by atoms with Crippen molar-refractivity contribution in [1.29, 1.82) is 0 Å². The van der Waals surface area contributed by atoms with Crippen molar-refractivity contribution in [3.63, 3.8) is 0 Å². The minimum Gasteiger partial charge on any atom is -0.508 e. The Morgan fingerprint density at radius 2 is 1.76 bits per heavy atom. The largest absolute Gasteiger partial charge is 0.508 e. The maximum Gasteiger partial charge on any atom is 0.275 e. The summed E-state index contributed by atoms with van der Waals surface area (Å²) in [7, 11) is 0. The summed E-state index contributed by atoms with van der Waals surface area (Å²) >= 11 is 0. The van der Waals surface area contributed by atoms with Crippen molar-refractivity contribution in [2.75, 3.05) is 37.6 Å². The fourth-order valence-corrected chi connectivity index (χ4v) is 4.55. The lowest BCUT2D eigenvalue weighted by Crippen LogP contribution is -3.15. The molecule has 2 aliphatic rings. The highest BCUT2D eigenvalue weighted by atomic mass is 16.3. The highest BCUT2D eigenvalue weighted by Gasteiger charge is 2.23. The molecule has 154 valence electrons. The van der Waals surface area contributed by atoms with Crippen molar-refractivity contribution in [2.24, 2.45) is 0 Å². The molecule has 1 amide bonds. The van der Waals surface area contributed by atoms with E-state index in [0.29, 0.717) is 12.3 Å². The molecule has 1 saturated heterocycles. The predicted octanol–water partition coefficient (Wildman–Crippen LogP) is 1.85. The van der Waals surface area contributed by atoms with E-state index in [0.717, 1.165) is 31.9 Å². The molecule has 4 rings (SSSR count). The van der Waals surface area contributed by atoms with E-state index in [1.807, 2.05) is 12.1 Å². The van der Waals surface area contributed by atoms with E-state index in [2.05, 4.69) is 35.3 Å². The lowest BCUT2D eigenvalue weighted by atomic mass is 9.89. The molecular formula is C24H32N3O2+. The van der Waals surface area contributed by atoms with Gasteiger partial charge in [0.05, 0.1) is 32.2 Å². The third-order valence-corrected chi connectivity index (χ3v) is 6.35. The number of piperazine rings is 1. The van der Waals surface area contributed by atoms with Crippen LogP contribution in [-0.2, 0) is 17.6 Å². The lowest BCUT2D eigenvalue weighted by molar-refractivity contribution is -0.892. The number of carbonyl (C=O) groups excluding carboxylic acids is 1. The number of amides is 1. The van der Waals surface area contributed by atoms with Gasteiger partial charge in [0.2, 0.25) is 0 Å². The predicted molar refractivity (Wildman–Crippen MR) is 116 cm³/mol. The lowest BCUT2D eigenvalue weighted by Gasteiger charge is -2.33. The van der Waals surface area contributed by atoms with Crippen LogP contribution in [-0.4, -0.2) is 43.7 Å². The second-order valence-electron chi connectivity index (χ2n) is 8.45. The van der Waals surface area contributed by atoms with Crippen LogP contribution in [0.25, 0.3) is 0 Å². The van der Waals surface area contributed by atoms with Crippen molar-refractivity contribution in [3.8, 4) is 5.75 Å². The van der Waals surface area contributed by atoms with Crippen molar-refractivity contribution >= 4 is 11.6 Å². The number of phenols is 1. The number of hydrogen-bond donors (Lipinski definition) is 3. The summed E-state index contributed by atoms with van der Waals surface area (Å²) in [5.41, 5.74) is 5.29. The number of aromatic hydroxyl groups is 1. The number of phenolic OH excluding ortho intramolecular Hbond substituents is 1. The summed E-state index contributed by atoms with van der Waals surface area (Å²) in [6, 6.07) is 14.1. The van der Waals surface area contributed by atoms with Crippen LogP contribution < -0.4 is 15.1 Å². The number of benzene rings is 2. The molecule has 1 aliphatic carbocycles. The molecule has 0 radical (unpaired) electrons. The molecule has 0 unspecified atom stereocenters. The van der Waals surface area contributed by atoms with Gasteiger partial charge in [-0.1, -0.05) is 18.2 Å². The first-order valence-electron chi connectivity index (χ1n) is 10.9. The molecule has 29 heavy (non-hydrogen) atoms. The van der Waals surface area contributed by atoms with E-state index in [1.54, 1.807) is 12.1 Å². The number of carbonyl (C=O) groups is 1. The van der Waals surface area contributed by atoms with Crippen LogP contribution in [0.4, 0.5) is 5.69 Å². The maximum absolute atomic E-state index is 12.6. The Morgan fingerprint density at radius 3 is 2.48 bits per heavy atom. The van der Waals surface area contributed by atoms with Gasteiger partial charge in [-0.05, 0) is 73.6 Å². The summed E-state index contributed by atoms with van der Waals surface area (Å²) in [4.78, 5) is 16.2.